The molecule has 0 bridgehead atoms. The lowest BCUT2D eigenvalue weighted by atomic mass is 9.93. The van der Waals surface area contributed by atoms with Gasteiger partial charge in [0.15, 0.2) is 0 Å². The van der Waals surface area contributed by atoms with Crippen molar-refractivity contribution in [2.75, 3.05) is 6.54 Å². The Labute approximate surface area is 91.1 Å². The van der Waals surface area contributed by atoms with Crippen LogP contribution in [0.25, 0.3) is 0 Å². The highest BCUT2D eigenvalue weighted by Crippen LogP contribution is 2.13. The Kier molecular flexibility index (Phi) is 5.33. The number of carbonyl (C=O) groups excluding carboxylic acids is 1. The summed E-state index contributed by atoms with van der Waals surface area (Å²) in [4.78, 5) is 22.1. The Morgan fingerprint density at radius 2 is 1.93 bits per heavy atom. The van der Waals surface area contributed by atoms with Gasteiger partial charge in [-0.15, -0.1) is 0 Å². The van der Waals surface area contributed by atoms with Crippen LogP contribution in [0.4, 0.5) is 0 Å². The van der Waals surface area contributed by atoms with Crippen molar-refractivity contribution in [3.8, 4) is 0 Å². The zero-order chi connectivity index (χ0) is 12.1. The summed E-state index contributed by atoms with van der Waals surface area (Å²) < 4.78 is 0. The summed E-state index contributed by atoms with van der Waals surface area (Å²) in [5.41, 5.74) is -0.898. The normalized spacial score (nSPS) is 13.3. The lowest BCUT2D eigenvalue weighted by Crippen LogP contribution is -2.39. The molecule has 4 heteroatoms. The summed E-state index contributed by atoms with van der Waals surface area (Å²) in [5.74, 6) is -0.622. The van der Waals surface area contributed by atoms with E-state index in [2.05, 4.69) is 5.32 Å². The minimum absolute atomic E-state index is 0.0707. The number of carbonyl (C=O) groups is 2. The van der Waals surface area contributed by atoms with Gasteiger partial charge in [0.1, 0.15) is 0 Å². The Balaban J connectivity index is 3.96. The van der Waals surface area contributed by atoms with Crippen molar-refractivity contribution < 1.29 is 14.7 Å². The summed E-state index contributed by atoms with van der Waals surface area (Å²) in [6.07, 6.45) is 1.42. The minimum atomic E-state index is -0.898. The summed E-state index contributed by atoms with van der Waals surface area (Å²) >= 11 is 0. The molecule has 0 rings (SSSR count). The average Bonchev–Trinajstić information content (AvgIpc) is 2.14. The second kappa shape index (κ2) is 5.73. The molecule has 0 saturated heterocycles. The van der Waals surface area contributed by atoms with Crippen molar-refractivity contribution >= 4 is 11.9 Å². The van der Waals surface area contributed by atoms with Gasteiger partial charge in [-0.3, -0.25) is 9.59 Å². The molecule has 0 aromatic heterocycles. The number of amides is 1. The first-order valence-electron chi connectivity index (χ1n) is 5.29. The quantitative estimate of drug-likeness (QED) is 0.708. The molecule has 0 aromatic carbocycles. The van der Waals surface area contributed by atoms with Gasteiger partial charge in [-0.2, -0.15) is 0 Å². The summed E-state index contributed by atoms with van der Waals surface area (Å²) in [6.45, 7) is 7.40. The lowest BCUT2D eigenvalue weighted by molar-refractivity contribution is -0.146. The maximum absolute atomic E-state index is 11.4. The summed E-state index contributed by atoms with van der Waals surface area (Å²) in [5, 5.41) is 11.5. The van der Waals surface area contributed by atoms with E-state index in [-0.39, 0.29) is 12.5 Å². The Morgan fingerprint density at radius 3 is 2.33 bits per heavy atom. The van der Waals surface area contributed by atoms with Crippen LogP contribution in [-0.2, 0) is 9.59 Å². The van der Waals surface area contributed by atoms with Crippen LogP contribution in [0.3, 0.4) is 0 Å². The van der Waals surface area contributed by atoms with Crippen molar-refractivity contribution in [3.05, 3.63) is 0 Å². The van der Waals surface area contributed by atoms with Crippen LogP contribution in [-0.4, -0.2) is 23.5 Å². The molecule has 0 aromatic rings. The summed E-state index contributed by atoms with van der Waals surface area (Å²) in [6, 6.07) is 0. The molecule has 2 N–H and O–H groups in total. The highest BCUT2D eigenvalue weighted by molar-refractivity contribution is 5.78. The number of nitrogens with one attached hydrogen (secondary N) is 1. The molecular weight excluding hydrogens is 194 g/mol. The fourth-order valence-corrected chi connectivity index (χ4v) is 0.928. The molecule has 0 aliphatic carbocycles. The standard InChI is InChI=1S/C11H21NO3/c1-5-8(2)6-9(13)12-7-11(3,4)10(14)15/h8H,5-7H2,1-4H3,(H,12,13)(H,14,15). The molecule has 4 nitrogen and oxygen atoms in total. The van der Waals surface area contributed by atoms with E-state index in [0.717, 1.165) is 6.42 Å². The van der Waals surface area contributed by atoms with E-state index < -0.39 is 11.4 Å². The number of carboxylic acid groups (broad SMARTS) is 1. The fraction of sp³-hybridized carbons (Fsp3) is 0.818. The van der Waals surface area contributed by atoms with E-state index in [1.54, 1.807) is 13.8 Å². The van der Waals surface area contributed by atoms with E-state index in [1.807, 2.05) is 13.8 Å². The third-order valence-electron chi connectivity index (χ3n) is 2.54. The van der Waals surface area contributed by atoms with Crippen LogP contribution in [0.5, 0.6) is 0 Å². The molecule has 0 fully saturated rings. The molecule has 0 saturated carbocycles. The van der Waals surface area contributed by atoms with Crippen LogP contribution in [0.15, 0.2) is 0 Å². The molecule has 1 unspecified atom stereocenters. The number of rotatable bonds is 6. The monoisotopic (exact) mass is 215 g/mol. The second-order valence-corrected chi connectivity index (χ2v) is 4.68. The number of aliphatic carboxylic acids is 1. The predicted molar refractivity (Wildman–Crippen MR) is 58.5 cm³/mol. The zero-order valence-electron chi connectivity index (χ0n) is 9.96. The third kappa shape index (κ3) is 5.40. The van der Waals surface area contributed by atoms with Gasteiger partial charge in [-0.1, -0.05) is 20.3 Å². The number of carboxylic acids is 1. The highest BCUT2D eigenvalue weighted by Gasteiger charge is 2.27. The summed E-state index contributed by atoms with van der Waals surface area (Å²) in [7, 11) is 0. The molecule has 15 heavy (non-hydrogen) atoms. The second-order valence-electron chi connectivity index (χ2n) is 4.68. The van der Waals surface area contributed by atoms with E-state index in [0.29, 0.717) is 12.3 Å². The van der Waals surface area contributed by atoms with Gasteiger partial charge in [0.2, 0.25) is 5.91 Å². The molecule has 1 amide bonds. The van der Waals surface area contributed by atoms with E-state index >= 15 is 0 Å². The Morgan fingerprint density at radius 1 is 1.40 bits per heavy atom. The first kappa shape index (κ1) is 13.9. The smallest absolute Gasteiger partial charge is 0.310 e. The van der Waals surface area contributed by atoms with Gasteiger partial charge >= 0.3 is 5.97 Å². The molecule has 0 radical (unpaired) electrons. The molecule has 0 spiro atoms. The Bertz CT molecular complexity index is 236. The van der Waals surface area contributed by atoms with Crippen LogP contribution < -0.4 is 5.32 Å². The van der Waals surface area contributed by atoms with E-state index in [9.17, 15) is 9.59 Å². The van der Waals surface area contributed by atoms with Crippen molar-refractivity contribution in [1.82, 2.24) is 5.32 Å². The maximum atomic E-state index is 11.4. The van der Waals surface area contributed by atoms with Crippen molar-refractivity contribution in [3.63, 3.8) is 0 Å². The van der Waals surface area contributed by atoms with E-state index in [1.165, 1.54) is 0 Å². The first-order chi connectivity index (χ1) is 6.79. The third-order valence-corrected chi connectivity index (χ3v) is 2.54. The lowest BCUT2D eigenvalue weighted by Gasteiger charge is -2.20. The van der Waals surface area contributed by atoms with Gasteiger partial charge in [0.25, 0.3) is 0 Å². The van der Waals surface area contributed by atoms with Gasteiger partial charge in [0.05, 0.1) is 5.41 Å². The van der Waals surface area contributed by atoms with Gasteiger partial charge in [-0.25, -0.2) is 0 Å². The molecule has 1 atom stereocenters. The minimum Gasteiger partial charge on any atom is -0.481 e. The molecular formula is C11H21NO3. The van der Waals surface area contributed by atoms with Crippen molar-refractivity contribution in [2.24, 2.45) is 11.3 Å². The van der Waals surface area contributed by atoms with Crippen LogP contribution in [0.2, 0.25) is 0 Å². The van der Waals surface area contributed by atoms with Crippen molar-refractivity contribution in [2.45, 2.75) is 40.5 Å². The van der Waals surface area contributed by atoms with Crippen LogP contribution in [0, 0.1) is 11.3 Å². The Hall–Kier alpha value is -1.06. The highest BCUT2D eigenvalue weighted by atomic mass is 16.4. The molecule has 0 aliphatic rings. The zero-order valence-corrected chi connectivity index (χ0v) is 9.96. The number of hydrogen-bond acceptors (Lipinski definition) is 2. The first-order valence-corrected chi connectivity index (χ1v) is 5.29. The SMILES string of the molecule is CCC(C)CC(=O)NCC(C)(C)C(=O)O. The molecule has 88 valence electrons. The van der Waals surface area contributed by atoms with Gasteiger partial charge in [0, 0.05) is 13.0 Å². The largest absolute Gasteiger partial charge is 0.481 e. The van der Waals surface area contributed by atoms with Crippen molar-refractivity contribution in [1.29, 1.82) is 0 Å². The predicted octanol–water partition coefficient (Wildman–Crippen LogP) is 1.65. The van der Waals surface area contributed by atoms with Crippen LogP contribution in [0.1, 0.15) is 40.5 Å². The fourth-order valence-electron chi connectivity index (χ4n) is 0.928. The van der Waals surface area contributed by atoms with Crippen LogP contribution >= 0.6 is 0 Å². The van der Waals surface area contributed by atoms with Gasteiger partial charge < -0.3 is 10.4 Å². The topological polar surface area (TPSA) is 66.4 Å². The van der Waals surface area contributed by atoms with Gasteiger partial charge in [-0.05, 0) is 19.8 Å². The maximum Gasteiger partial charge on any atom is 0.310 e. The molecule has 0 heterocycles. The molecule has 0 aliphatic heterocycles. The van der Waals surface area contributed by atoms with E-state index in [4.69, 9.17) is 5.11 Å². The average molecular weight is 215 g/mol. The number of hydrogen-bond donors (Lipinski definition) is 2.